The van der Waals surface area contributed by atoms with Crippen molar-refractivity contribution in [1.82, 2.24) is 4.90 Å². The van der Waals surface area contributed by atoms with E-state index >= 15 is 0 Å². The van der Waals surface area contributed by atoms with Crippen LogP contribution in [0.4, 0.5) is 22.7 Å². The molecule has 2 aliphatic heterocycles. The number of aliphatic hydroxyl groups excluding tert-OH is 1. The summed E-state index contributed by atoms with van der Waals surface area (Å²) in [5.74, 6) is 0.665. The van der Waals surface area contributed by atoms with E-state index in [0.29, 0.717) is 43.3 Å². The van der Waals surface area contributed by atoms with Crippen LogP contribution in [-0.4, -0.2) is 67.3 Å². The summed E-state index contributed by atoms with van der Waals surface area (Å²) in [6, 6.07) is 11.7. The number of likely N-dealkylation sites (N-methyl/N-ethyl adjacent to an activating group) is 1. The normalized spacial score (nSPS) is 21.1. The van der Waals surface area contributed by atoms with E-state index in [0.717, 1.165) is 35.6 Å². The summed E-state index contributed by atoms with van der Waals surface area (Å²) < 4.78 is 5.64. The number of carbonyl (C=O) groups is 2. The second-order valence-electron chi connectivity index (χ2n) is 10.2. The molecule has 3 aliphatic rings. The molecule has 2 fully saturated rings. The van der Waals surface area contributed by atoms with Gasteiger partial charge in [-0.1, -0.05) is 12.8 Å². The molecule has 0 unspecified atom stereocenters. The van der Waals surface area contributed by atoms with Crippen LogP contribution in [0.3, 0.4) is 0 Å². The summed E-state index contributed by atoms with van der Waals surface area (Å²) in [7, 11) is 3.45. The van der Waals surface area contributed by atoms with Gasteiger partial charge < -0.3 is 29.9 Å². The van der Waals surface area contributed by atoms with E-state index in [9.17, 15) is 14.7 Å². The number of nitrogens with zero attached hydrogens (tertiary/aromatic N) is 3. The van der Waals surface area contributed by atoms with Gasteiger partial charge in [0.2, 0.25) is 5.91 Å². The molecule has 0 radical (unpaired) electrons. The first kappa shape index (κ1) is 24.4. The highest BCUT2D eigenvalue weighted by Crippen LogP contribution is 2.42. The first-order valence-electron chi connectivity index (χ1n) is 13.0. The van der Waals surface area contributed by atoms with Crippen LogP contribution in [0.1, 0.15) is 55.8 Å². The minimum atomic E-state index is -0.322. The fourth-order valence-electron chi connectivity index (χ4n) is 5.85. The standard InChI is InChI=1S/C28H36N4O4/c1-18-27(34)30(2)24-11-9-20(17-25(24)32(18)21-6-4-5-7-21)29-23-10-8-19(16-26(23)36-3)28(35)31-14-12-22(33)13-15-31/h8-11,16-18,21-22,29,33H,4-7,12-15H2,1-3H3/t18-/m1/s1. The lowest BCUT2D eigenvalue weighted by Crippen LogP contribution is -2.54. The lowest BCUT2D eigenvalue weighted by Gasteiger charge is -2.43. The van der Waals surface area contributed by atoms with Crippen molar-refractivity contribution in [2.45, 2.75) is 63.6 Å². The maximum atomic E-state index is 13.0. The summed E-state index contributed by atoms with van der Waals surface area (Å²) in [4.78, 5) is 31.8. The highest BCUT2D eigenvalue weighted by molar-refractivity contribution is 6.05. The summed E-state index contributed by atoms with van der Waals surface area (Å²) in [6.07, 6.45) is 5.51. The number of methoxy groups -OCH3 is 1. The molecule has 0 spiro atoms. The first-order valence-corrected chi connectivity index (χ1v) is 13.0. The number of benzene rings is 2. The topological polar surface area (TPSA) is 85.3 Å². The van der Waals surface area contributed by atoms with Crippen molar-refractivity contribution in [3.8, 4) is 5.75 Å². The predicted octanol–water partition coefficient (Wildman–Crippen LogP) is 4.15. The average Bonchev–Trinajstić information content (AvgIpc) is 3.42. The molecule has 5 rings (SSSR count). The predicted molar refractivity (Wildman–Crippen MR) is 141 cm³/mol. The van der Waals surface area contributed by atoms with Gasteiger partial charge in [0.25, 0.3) is 5.91 Å². The summed E-state index contributed by atoms with van der Waals surface area (Å²) in [5, 5.41) is 13.2. The second-order valence-corrected chi connectivity index (χ2v) is 10.2. The van der Waals surface area contributed by atoms with Crippen molar-refractivity contribution >= 4 is 34.6 Å². The molecule has 8 nitrogen and oxygen atoms in total. The highest BCUT2D eigenvalue weighted by atomic mass is 16.5. The third-order valence-corrected chi connectivity index (χ3v) is 7.92. The van der Waals surface area contributed by atoms with E-state index in [4.69, 9.17) is 4.74 Å². The molecule has 192 valence electrons. The van der Waals surface area contributed by atoms with Crippen LogP contribution in [0, 0.1) is 0 Å². The molecule has 1 saturated heterocycles. The Balaban J connectivity index is 1.40. The molecule has 2 aromatic rings. The van der Waals surface area contributed by atoms with Gasteiger partial charge in [0, 0.05) is 37.4 Å². The number of anilines is 4. The minimum Gasteiger partial charge on any atom is -0.495 e. The van der Waals surface area contributed by atoms with Gasteiger partial charge in [-0.05, 0) is 69.0 Å². The Morgan fingerprint density at radius 2 is 1.75 bits per heavy atom. The molecule has 0 bridgehead atoms. The molecule has 0 aromatic heterocycles. The van der Waals surface area contributed by atoms with Crippen LogP contribution in [0.15, 0.2) is 36.4 Å². The highest BCUT2D eigenvalue weighted by Gasteiger charge is 2.38. The van der Waals surface area contributed by atoms with Crippen LogP contribution in [0.5, 0.6) is 5.75 Å². The number of amides is 2. The van der Waals surface area contributed by atoms with E-state index in [-0.39, 0.29) is 24.0 Å². The van der Waals surface area contributed by atoms with Crippen molar-refractivity contribution in [3.05, 3.63) is 42.0 Å². The SMILES string of the molecule is COc1cc(C(=O)N2CCC(O)CC2)ccc1Nc1ccc2c(c1)N(C1CCCC1)[C@H](C)C(=O)N2C. The number of piperidine rings is 1. The van der Waals surface area contributed by atoms with Gasteiger partial charge in [-0.2, -0.15) is 0 Å². The largest absolute Gasteiger partial charge is 0.495 e. The van der Waals surface area contributed by atoms with Gasteiger partial charge in [-0.15, -0.1) is 0 Å². The molecule has 2 heterocycles. The van der Waals surface area contributed by atoms with Crippen LogP contribution >= 0.6 is 0 Å². The number of hydrogen-bond donors (Lipinski definition) is 2. The lowest BCUT2D eigenvalue weighted by atomic mass is 10.0. The zero-order valence-electron chi connectivity index (χ0n) is 21.4. The Morgan fingerprint density at radius 1 is 1.03 bits per heavy atom. The van der Waals surface area contributed by atoms with Crippen LogP contribution in [-0.2, 0) is 4.79 Å². The van der Waals surface area contributed by atoms with Crippen molar-refractivity contribution < 1.29 is 19.4 Å². The number of nitrogens with one attached hydrogen (secondary N) is 1. The summed E-state index contributed by atoms with van der Waals surface area (Å²) in [5.41, 5.74) is 4.23. The molecule has 2 amide bonds. The number of fused-ring (bicyclic) bond motifs is 1. The molecule has 36 heavy (non-hydrogen) atoms. The van der Waals surface area contributed by atoms with Crippen LogP contribution in [0.25, 0.3) is 0 Å². The van der Waals surface area contributed by atoms with Gasteiger partial charge in [0.15, 0.2) is 0 Å². The number of rotatable bonds is 5. The number of ether oxygens (including phenoxy) is 1. The van der Waals surface area contributed by atoms with Gasteiger partial charge in [0.05, 0.1) is 30.3 Å². The fourth-order valence-corrected chi connectivity index (χ4v) is 5.85. The van der Waals surface area contributed by atoms with Crippen molar-refractivity contribution in [1.29, 1.82) is 0 Å². The third kappa shape index (κ3) is 4.50. The molecule has 8 heteroatoms. The zero-order valence-corrected chi connectivity index (χ0v) is 21.4. The number of likely N-dealkylation sites (tertiary alicyclic amines) is 1. The van der Waals surface area contributed by atoms with Crippen molar-refractivity contribution in [2.24, 2.45) is 0 Å². The Bertz CT molecular complexity index is 1140. The number of aliphatic hydroxyl groups is 1. The zero-order chi connectivity index (χ0) is 25.4. The average molecular weight is 493 g/mol. The smallest absolute Gasteiger partial charge is 0.253 e. The lowest BCUT2D eigenvalue weighted by molar-refractivity contribution is -0.119. The van der Waals surface area contributed by atoms with E-state index in [2.05, 4.69) is 16.3 Å². The van der Waals surface area contributed by atoms with Gasteiger partial charge in [-0.3, -0.25) is 9.59 Å². The van der Waals surface area contributed by atoms with Crippen LogP contribution in [0.2, 0.25) is 0 Å². The summed E-state index contributed by atoms with van der Waals surface area (Å²) >= 11 is 0. The van der Waals surface area contributed by atoms with Crippen molar-refractivity contribution in [3.63, 3.8) is 0 Å². The number of carbonyl (C=O) groups excluding carboxylic acids is 2. The molecular formula is C28H36N4O4. The van der Waals surface area contributed by atoms with E-state index in [1.807, 2.05) is 38.2 Å². The monoisotopic (exact) mass is 492 g/mol. The Kier molecular flexibility index (Phi) is 6.79. The third-order valence-electron chi connectivity index (χ3n) is 7.92. The van der Waals surface area contributed by atoms with E-state index < -0.39 is 0 Å². The maximum absolute atomic E-state index is 13.0. The van der Waals surface area contributed by atoms with Gasteiger partial charge >= 0.3 is 0 Å². The molecule has 1 atom stereocenters. The molecular weight excluding hydrogens is 456 g/mol. The Labute approximate surface area is 212 Å². The van der Waals surface area contributed by atoms with Gasteiger partial charge in [0.1, 0.15) is 11.8 Å². The first-order chi connectivity index (χ1) is 17.4. The van der Waals surface area contributed by atoms with Crippen molar-refractivity contribution in [2.75, 3.05) is 42.4 Å². The molecule has 1 aliphatic carbocycles. The second kappa shape index (κ2) is 10.0. The minimum absolute atomic E-state index is 0.0468. The maximum Gasteiger partial charge on any atom is 0.253 e. The fraction of sp³-hybridized carbons (Fsp3) is 0.500. The van der Waals surface area contributed by atoms with E-state index in [1.54, 1.807) is 23.0 Å². The molecule has 2 aromatic carbocycles. The quantitative estimate of drug-likeness (QED) is 0.652. The Hall–Kier alpha value is -3.26. The van der Waals surface area contributed by atoms with E-state index in [1.165, 1.54) is 12.8 Å². The Morgan fingerprint density at radius 3 is 2.44 bits per heavy atom. The number of hydrogen-bond acceptors (Lipinski definition) is 6. The summed E-state index contributed by atoms with van der Waals surface area (Å²) in [6.45, 7) is 3.12. The molecule has 2 N–H and O–H groups in total. The van der Waals surface area contributed by atoms with Crippen LogP contribution < -0.4 is 19.9 Å². The van der Waals surface area contributed by atoms with Gasteiger partial charge in [-0.25, -0.2) is 0 Å². The molecule has 1 saturated carbocycles.